The summed E-state index contributed by atoms with van der Waals surface area (Å²) in [6.07, 6.45) is 3.65. The predicted molar refractivity (Wildman–Crippen MR) is 115 cm³/mol. The number of nitrogens with one attached hydrogen (secondary N) is 1. The van der Waals surface area contributed by atoms with Crippen molar-refractivity contribution in [2.24, 2.45) is 0 Å². The van der Waals surface area contributed by atoms with Crippen molar-refractivity contribution in [1.82, 2.24) is 14.8 Å². The van der Waals surface area contributed by atoms with Gasteiger partial charge in [0.05, 0.1) is 5.56 Å². The molecule has 2 amide bonds. The first-order valence-electron chi connectivity index (χ1n) is 9.96. The summed E-state index contributed by atoms with van der Waals surface area (Å²) >= 11 is 6.11. The lowest BCUT2D eigenvalue weighted by molar-refractivity contribution is -0.130. The van der Waals surface area contributed by atoms with E-state index >= 15 is 0 Å². The van der Waals surface area contributed by atoms with E-state index in [1.54, 1.807) is 35.0 Å². The van der Waals surface area contributed by atoms with Gasteiger partial charge in [-0.2, -0.15) is 0 Å². The van der Waals surface area contributed by atoms with Gasteiger partial charge in [-0.15, -0.1) is 0 Å². The first-order chi connectivity index (χ1) is 14.5. The Kier molecular flexibility index (Phi) is 5.86. The van der Waals surface area contributed by atoms with Gasteiger partial charge in [-0.25, -0.2) is 0 Å². The number of hydrogen-bond donors (Lipinski definition) is 1. The molecule has 1 N–H and O–H groups in total. The number of fused-ring (bicyclic) bond motifs is 1. The molecule has 2 heterocycles. The Labute approximate surface area is 179 Å². The Hall–Kier alpha value is -3.12. The second-order valence-corrected chi connectivity index (χ2v) is 7.79. The minimum Gasteiger partial charge on any atom is -0.345 e. The number of benzene rings is 2. The van der Waals surface area contributed by atoms with Gasteiger partial charge in [0.2, 0.25) is 5.91 Å². The molecule has 30 heavy (non-hydrogen) atoms. The molecule has 0 aliphatic carbocycles. The van der Waals surface area contributed by atoms with Crippen molar-refractivity contribution in [1.29, 1.82) is 0 Å². The van der Waals surface area contributed by atoms with Crippen LogP contribution in [-0.4, -0.2) is 40.2 Å². The molecule has 0 spiro atoms. The molecule has 1 saturated heterocycles. The smallest absolute Gasteiger partial charge is 0.292 e. The third-order valence-electron chi connectivity index (χ3n) is 5.40. The number of Topliss-reactive ketones (excluding diaryl/α,β-unsaturated/α-hetero) is 1. The van der Waals surface area contributed by atoms with E-state index in [1.807, 2.05) is 29.2 Å². The molecule has 1 aliphatic heterocycles. The van der Waals surface area contributed by atoms with E-state index in [2.05, 4.69) is 5.32 Å². The van der Waals surface area contributed by atoms with Crippen LogP contribution in [0.2, 0.25) is 5.02 Å². The fourth-order valence-corrected chi connectivity index (χ4v) is 3.99. The maximum Gasteiger partial charge on any atom is 0.292 e. The van der Waals surface area contributed by atoms with Crippen molar-refractivity contribution >= 4 is 40.1 Å². The van der Waals surface area contributed by atoms with Crippen molar-refractivity contribution in [3.8, 4) is 0 Å². The molecular weight excluding hydrogens is 402 g/mol. The molecule has 0 saturated carbocycles. The molecule has 1 aromatic heterocycles. The molecule has 7 heteroatoms. The van der Waals surface area contributed by atoms with E-state index in [0.29, 0.717) is 10.4 Å². The monoisotopic (exact) mass is 423 g/mol. The summed E-state index contributed by atoms with van der Waals surface area (Å²) in [4.78, 5) is 39.8. The zero-order valence-corrected chi connectivity index (χ0v) is 17.2. The van der Waals surface area contributed by atoms with Crippen molar-refractivity contribution in [2.75, 3.05) is 13.1 Å². The number of ketones is 1. The van der Waals surface area contributed by atoms with Crippen molar-refractivity contribution in [3.05, 3.63) is 70.9 Å². The highest BCUT2D eigenvalue weighted by atomic mass is 35.5. The number of halogens is 1. The van der Waals surface area contributed by atoms with E-state index in [0.717, 1.165) is 37.0 Å². The third-order valence-corrected chi connectivity index (χ3v) is 5.77. The molecule has 1 fully saturated rings. The summed E-state index contributed by atoms with van der Waals surface area (Å²) in [5, 5.41) is 3.83. The Morgan fingerprint density at radius 3 is 2.43 bits per heavy atom. The molecule has 4 rings (SSSR count). The van der Waals surface area contributed by atoms with Gasteiger partial charge in [-0.05, 0) is 30.5 Å². The number of hydrogen-bond acceptors (Lipinski definition) is 3. The average Bonchev–Trinajstić information content (AvgIpc) is 3.41. The average molecular weight is 424 g/mol. The lowest BCUT2D eigenvalue weighted by Gasteiger charge is -2.15. The van der Waals surface area contributed by atoms with Crippen LogP contribution in [0.15, 0.2) is 54.7 Å². The SMILES string of the molecule is O=C(NCc1ccccc1Cl)C(=O)c1cn(CC(=O)N2CCCC2)c2ccccc12. The zero-order valence-electron chi connectivity index (χ0n) is 16.4. The van der Waals surface area contributed by atoms with Crippen molar-refractivity contribution in [2.45, 2.75) is 25.9 Å². The molecule has 3 aromatic rings. The van der Waals surface area contributed by atoms with Crippen LogP contribution in [-0.2, 0) is 22.7 Å². The first kappa shape index (κ1) is 20.2. The number of rotatable bonds is 6. The number of para-hydroxylation sites is 1. The van der Waals surface area contributed by atoms with Gasteiger partial charge in [0.15, 0.2) is 0 Å². The molecule has 0 radical (unpaired) electrons. The van der Waals surface area contributed by atoms with Crippen LogP contribution in [0.5, 0.6) is 0 Å². The van der Waals surface area contributed by atoms with Gasteiger partial charge >= 0.3 is 0 Å². The number of nitrogens with zero attached hydrogens (tertiary/aromatic N) is 2. The van der Waals surface area contributed by atoms with Gasteiger partial charge in [-0.3, -0.25) is 14.4 Å². The topological polar surface area (TPSA) is 71.4 Å². The summed E-state index contributed by atoms with van der Waals surface area (Å²) in [5.74, 6) is -1.32. The van der Waals surface area contributed by atoms with Crippen LogP contribution in [0.3, 0.4) is 0 Å². The molecular formula is C23H22ClN3O3. The lowest BCUT2D eigenvalue weighted by atomic mass is 10.1. The normalized spacial score (nSPS) is 13.6. The number of carbonyl (C=O) groups is 3. The van der Waals surface area contributed by atoms with Gasteiger partial charge in [0.1, 0.15) is 6.54 Å². The molecule has 6 nitrogen and oxygen atoms in total. The minimum atomic E-state index is -0.705. The summed E-state index contributed by atoms with van der Waals surface area (Å²) < 4.78 is 1.75. The summed E-state index contributed by atoms with van der Waals surface area (Å²) in [5.41, 5.74) is 1.78. The molecule has 154 valence electrons. The molecule has 2 aromatic carbocycles. The Balaban J connectivity index is 1.54. The number of carbonyl (C=O) groups excluding carboxylic acids is 3. The maximum atomic E-state index is 12.9. The van der Waals surface area contributed by atoms with Crippen LogP contribution in [0, 0.1) is 0 Å². The quantitative estimate of drug-likeness (QED) is 0.487. The first-order valence-corrected chi connectivity index (χ1v) is 10.3. The van der Waals surface area contributed by atoms with Crippen LogP contribution < -0.4 is 5.32 Å². The van der Waals surface area contributed by atoms with E-state index < -0.39 is 11.7 Å². The largest absolute Gasteiger partial charge is 0.345 e. The summed E-state index contributed by atoms with van der Waals surface area (Å²) in [6, 6.07) is 14.5. The number of likely N-dealkylation sites (tertiary alicyclic amines) is 1. The van der Waals surface area contributed by atoms with E-state index in [-0.39, 0.29) is 24.6 Å². The molecule has 0 unspecified atom stereocenters. The third kappa shape index (κ3) is 4.09. The summed E-state index contributed by atoms with van der Waals surface area (Å²) in [6.45, 7) is 1.86. The summed E-state index contributed by atoms with van der Waals surface area (Å²) in [7, 11) is 0. The standard InChI is InChI=1S/C23H22ClN3O3/c24-19-9-3-1-7-16(19)13-25-23(30)22(29)18-14-27(20-10-4-2-8-17(18)20)15-21(28)26-11-5-6-12-26/h1-4,7-10,14H,5-6,11-13,15H2,(H,25,30). The van der Waals surface area contributed by atoms with Crippen LogP contribution in [0.4, 0.5) is 0 Å². The molecule has 0 bridgehead atoms. The zero-order chi connectivity index (χ0) is 21.1. The maximum absolute atomic E-state index is 12.9. The molecule has 1 aliphatic rings. The van der Waals surface area contributed by atoms with Crippen LogP contribution >= 0.6 is 11.6 Å². The fourth-order valence-electron chi connectivity index (χ4n) is 3.79. The van der Waals surface area contributed by atoms with Gasteiger partial charge in [0, 0.05) is 41.8 Å². The van der Waals surface area contributed by atoms with E-state index in [1.165, 1.54) is 0 Å². The van der Waals surface area contributed by atoms with Crippen LogP contribution in [0.25, 0.3) is 10.9 Å². The molecule has 0 atom stereocenters. The predicted octanol–water partition coefficient (Wildman–Crippen LogP) is 3.42. The minimum absolute atomic E-state index is 0.0235. The van der Waals surface area contributed by atoms with Gasteiger partial charge in [-0.1, -0.05) is 48.0 Å². The lowest BCUT2D eigenvalue weighted by Crippen LogP contribution is -2.31. The van der Waals surface area contributed by atoms with Crippen molar-refractivity contribution < 1.29 is 14.4 Å². The van der Waals surface area contributed by atoms with Gasteiger partial charge in [0.25, 0.3) is 11.7 Å². The highest BCUT2D eigenvalue weighted by molar-refractivity contribution is 6.45. The van der Waals surface area contributed by atoms with Crippen molar-refractivity contribution in [3.63, 3.8) is 0 Å². The Bertz CT molecular complexity index is 1120. The van der Waals surface area contributed by atoms with Gasteiger partial charge < -0.3 is 14.8 Å². The number of amides is 2. The number of aromatic nitrogens is 1. The second kappa shape index (κ2) is 8.71. The van der Waals surface area contributed by atoms with E-state index in [4.69, 9.17) is 11.6 Å². The highest BCUT2D eigenvalue weighted by Crippen LogP contribution is 2.23. The second-order valence-electron chi connectivity index (χ2n) is 7.38. The Morgan fingerprint density at radius 2 is 1.67 bits per heavy atom. The highest BCUT2D eigenvalue weighted by Gasteiger charge is 2.24. The fraction of sp³-hybridized carbons (Fsp3) is 0.261. The van der Waals surface area contributed by atoms with Crippen LogP contribution in [0.1, 0.15) is 28.8 Å². The Morgan fingerprint density at radius 1 is 0.967 bits per heavy atom. The van der Waals surface area contributed by atoms with E-state index in [9.17, 15) is 14.4 Å².